The molecule has 102 valence electrons. The van der Waals surface area contributed by atoms with E-state index in [0.29, 0.717) is 6.42 Å². The fraction of sp³-hybridized carbons (Fsp3) is 0.357. The summed E-state index contributed by atoms with van der Waals surface area (Å²) in [5.41, 5.74) is 1.84. The van der Waals surface area contributed by atoms with Gasteiger partial charge in [0, 0.05) is 17.4 Å². The topological polar surface area (TPSA) is 47.3 Å². The lowest BCUT2D eigenvalue weighted by molar-refractivity contribution is 0.168. The molecule has 0 saturated heterocycles. The highest BCUT2D eigenvalue weighted by atomic mass is 79.9. The number of halogens is 1. The minimum absolute atomic E-state index is 0.517. The standard InChI is InChI=1S/C14H17BrN2O2/c1-3-17-9-16-8-13(17)14(18)7-10-6-11(19-2)4-5-12(10)15/h4-6,8-9,14,18H,3,7H2,1-2H3. The molecule has 0 aliphatic carbocycles. The summed E-state index contributed by atoms with van der Waals surface area (Å²) in [5.74, 6) is 0.786. The van der Waals surface area contributed by atoms with Crippen LogP contribution < -0.4 is 4.74 Å². The highest BCUT2D eigenvalue weighted by molar-refractivity contribution is 9.10. The molecular weight excluding hydrogens is 308 g/mol. The Hall–Kier alpha value is -1.33. The molecule has 0 spiro atoms. The van der Waals surface area contributed by atoms with Crippen molar-refractivity contribution in [3.8, 4) is 5.75 Å². The Labute approximate surface area is 121 Å². The van der Waals surface area contributed by atoms with Crippen molar-refractivity contribution in [3.05, 3.63) is 46.5 Å². The van der Waals surface area contributed by atoms with E-state index in [2.05, 4.69) is 20.9 Å². The molecule has 2 rings (SSSR count). The first-order valence-corrected chi connectivity index (χ1v) is 6.95. The van der Waals surface area contributed by atoms with E-state index < -0.39 is 6.10 Å². The first kappa shape index (κ1) is 14.1. The van der Waals surface area contributed by atoms with Crippen molar-refractivity contribution in [2.75, 3.05) is 7.11 Å². The summed E-state index contributed by atoms with van der Waals surface area (Å²) in [6, 6.07) is 5.74. The molecule has 0 saturated carbocycles. The number of hydrogen-bond acceptors (Lipinski definition) is 3. The molecule has 1 atom stereocenters. The summed E-state index contributed by atoms with van der Waals surface area (Å²) in [4.78, 5) is 4.08. The first-order chi connectivity index (χ1) is 9.15. The smallest absolute Gasteiger partial charge is 0.119 e. The van der Waals surface area contributed by atoms with Gasteiger partial charge in [-0.25, -0.2) is 4.98 Å². The second kappa shape index (κ2) is 6.21. The van der Waals surface area contributed by atoms with Crippen molar-refractivity contribution in [2.45, 2.75) is 26.0 Å². The number of benzene rings is 1. The fourth-order valence-electron chi connectivity index (χ4n) is 2.02. The quantitative estimate of drug-likeness (QED) is 0.919. The number of ether oxygens (including phenoxy) is 1. The average molecular weight is 325 g/mol. The van der Waals surface area contributed by atoms with Crippen LogP contribution in [0.2, 0.25) is 0 Å². The van der Waals surface area contributed by atoms with Gasteiger partial charge in [0.1, 0.15) is 5.75 Å². The van der Waals surface area contributed by atoms with E-state index in [1.54, 1.807) is 19.6 Å². The van der Waals surface area contributed by atoms with Crippen molar-refractivity contribution in [1.82, 2.24) is 9.55 Å². The van der Waals surface area contributed by atoms with Gasteiger partial charge in [-0.3, -0.25) is 0 Å². The summed E-state index contributed by atoms with van der Waals surface area (Å²) >= 11 is 3.50. The van der Waals surface area contributed by atoms with Crippen molar-refractivity contribution in [1.29, 1.82) is 0 Å². The molecule has 5 heteroatoms. The van der Waals surface area contributed by atoms with Gasteiger partial charge in [0.15, 0.2) is 0 Å². The van der Waals surface area contributed by atoms with Gasteiger partial charge in [0.05, 0.1) is 31.4 Å². The van der Waals surface area contributed by atoms with Crippen LogP contribution in [0.15, 0.2) is 35.2 Å². The number of nitrogens with zero attached hydrogens (tertiary/aromatic N) is 2. The van der Waals surface area contributed by atoms with E-state index in [9.17, 15) is 5.11 Å². The Balaban J connectivity index is 2.21. The third kappa shape index (κ3) is 3.16. The highest BCUT2D eigenvalue weighted by Gasteiger charge is 2.15. The van der Waals surface area contributed by atoms with Crippen molar-refractivity contribution in [2.24, 2.45) is 0 Å². The predicted molar refractivity (Wildman–Crippen MR) is 77.3 cm³/mol. The summed E-state index contributed by atoms with van der Waals surface area (Å²) < 4.78 is 8.12. The molecule has 19 heavy (non-hydrogen) atoms. The summed E-state index contributed by atoms with van der Waals surface area (Å²) in [6.07, 6.45) is 3.39. The number of aryl methyl sites for hydroxylation is 1. The van der Waals surface area contributed by atoms with Crippen molar-refractivity contribution < 1.29 is 9.84 Å². The number of hydrogen-bond donors (Lipinski definition) is 1. The number of aromatic nitrogens is 2. The normalized spacial score (nSPS) is 12.4. The molecule has 1 N–H and O–H groups in total. The molecule has 0 bridgehead atoms. The maximum Gasteiger partial charge on any atom is 0.119 e. The molecule has 2 aromatic rings. The molecule has 1 aromatic heterocycles. The van der Waals surface area contributed by atoms with Gasteiger partial charge in [-0.1, -0.05) is 15.9 Å². The Morgan fingerprint density at radius 3 is 2.95 bits per heavy atom. The van der Waals surface area contributed by atoms with Crippen molar-refractivity contribution >= 4 is 15.9 Å². The van der Waals surface area contributed by atoms with Gasteiger partial charge in [-0.15, -0.1) is 0 Å². The zero-order valence-corrected chi connectivity index (χ0v) is 12.6. The number of methoxy groups -OCH3 is 1. The SMILES string of the molecule is CCn1cncc1C(O)Cc1cc(OC)ccc1Br. The van der Waals surface area contributed by atoms with E-state index in [4.69, 9.17) is 4.74 Å². The Morgan fingerprint density at radius 1 is 1.47 bits per heavy atom. The van der Waals surface area contributed by atoms with Crippen LogP contribution in [0.25, 0.3) is 0 Å². The molecule has 1 aromatic carbocycles. The largest absolute Gasteiger partial charge is 0.497 e. The summed E-state index contributed by atoms with van der Waals surface area (Å²) in [7, 11) is 1.63. The fourth-order valence-corrected chi connectivity index (χ4v) is 2.43. The van der Waals surface area contributed by atoms with E-state index in [0.717, 1.165) is 28.0 Å². The maximum absolute atomic E-state index is 10.3. The monoisotopic (exact) mass is 324 g/mol. The zero-order chi connectivity index (χ0) is 13.8. The Bertz CT molecular complexity index is 554. The van der Waals surface area contributed by atoms with E-state index >= 15 is 0 Å². The van der Waals surface area contributed by atoms with Crippen LogP contribution in [0.3, 0.4) is 0 Å². The minimum atomic E-state index is -0.578. The molecule has 0 amide bonds. The Morgan fingerprint density at radius 2 is 2.26 bits per heavy atom. The molecule has 4 nitrogen and oxygen atoms in total. The summed E-state index contributed by atoms with van der Waals surface area (Å²) in [5, 5.41) is 10.3. The predicted octanol–water partition coefficient (Wildman–Crippen LogP) is 2.95. The second-order valence-electron chi connectivity index (χ2n) is 4.28. The molecule has 0 radical (unpaired) electrons. The zero-order valence-electron chi connectivity index (χ0n) is 11.0. The third-order valence-electron chi connectivity index (χ3n) is 3.09. The number of imidazole rings is 1. The van der Waals surface area contributed by atoms with Crippen LogP contribution in [0.1, 0.15) is 24.3 Å². The third-order valence-corrected chi connectivity index (χ3v) is 3.87. The van der Waals surface area contributed by atoms with Gasteiger partial charge in [0.25, 0.3) is 0 Å². The first-order valence-electron chi connectivity index (χ1n) is 6.16. The molecule has 1 heterocycles. The van der Waals surface area contributed by atoms with Crippen LogP contribution in [-0.2, 0) is 13.0 Å². The van der Waals surface area contributed by atoms with Gasteiger partial charge < -0.3 is 14.4 Å². The average Bonchev–Trinajstić information content (AvgIpc) is 2.89. The van der Waals surface area contributed by atoms with Crippen LogP contribution in [0.5, 0.6) is 5.75 Å². The Kier molecular flexibility index (Phi) is 4.61. The van der Waals surface area contributed by atoms with Crippen molar-refractivity contribution in [3.63, 3.8) is 0 Å². The highest BCUT2D eigenvalue weighted by Crippen LogP contribution is 2.27. The van der Waals surface area contributed by atoms with Crippen LogP contribution in [0.4, 0.5) is 0 Å². The van der Waals surface area contributed by atoms with Crippen LogP contribution in [-0.4, -0.2) is 21.8 Å². The maximum atomic E-state index is 10.3. The molecular formula is C14H17BrN2O2. The number of aliphatic hydroxyl groups is 1. The van der Waals surface area contributed by atoms with Gasteiger partial charge in [-0.05, 0) is 30.7 Å². The van der Waals surface area contributed by atoms with Gasteiger partial charge >= 0.3 is 0 Å². The molecule has 1 unspecified atom stereocenters. The van der Waals surface area contributed by atoms with Gasteiger partial charge in [-0.2, -0.15) is 0 Å². The van der Waals surface area contributed by atoms with E-state index in [1.807, 2.05) is 29.7 Å². The lowest BCUT2D eigenvalue weighted by Crippen LogP contribution is -2.08. The molecule has 0 aliphatic rings. The summed E-state index contributed by atoms with van der Waals surface area (Å²) in [6.45, 7) is 2.82. The molecule has 0 aliphatic heterocycles. The lowest BCUT2D eigenvalue weighted by atomic mass is 10.1. The number of aliphatic hydroxyl groups excluding tert-OH is 1. The minimum Gasteiger partial charge on any atom is -0.497 e. The van der Waals surface area contributed by atoms with E-state index in [-0.39, 0.29) is 0 Å². The second-order valence-corrected chi connectivity index (χ2v) is 5.14. The molecule has 0 fully saturated rings. The number of rotatable bonds is 5. The van der Waals surface area contributed by atoms with Crippen LogP contribution in [0, 0.1) is 0 Å². The van der Waals surface area contributed by atoms with E-state index in [1.165, 1.54) is 0 Å². The lowest BCUT2D eigenvalue weighted by Gasteiger charge is -2.14. The van der Waals surface area contributed by atoms with Crippen LogP contribution >= 0.6 is 15.9 Å². The van der Waals surface area contributed by atoms with Gasteiger partial charge in [0.2, 0.25) is 0 Å².